The van der Waals surface area contributed by atoms with Crippen LogP contribution < -0.4 is 11.1 Å². The molecule has 2 aromatic carbocycles. The van der Waals surface area contributed by atoms with E-state index in [9.17, 15) is 9.59 Å². The maximum absolute atomic E-state index is 12.5. The molecule has 1 heterocycles. The van der Waals surface area contributed by atoms with Gasteiger partial charge in [0.1, 0.15) is 0 Å². The smallest absolute Gasteiger partial charge is 0.241 e. The predicted octanol–water partition coefficient (Wildman–Crippen LogP) is 2.41. The van der Waals surface area contributed by atoms with E-state index in [1.807, 2.05) is 41.3 Å². The third-order valence-corrected chi connectivity index (χ3v) is 4.93. The van der Waals surface area contributed by atoms with E-state index in [1.54, 1.807) is 0 Å². The first kappa shape index (κ1) is 18.0. The molecule has 3 rings (SSSR count). The molecule has 1 aliphatic rings. The molecule has 0 aromatic heterocycles. The van der Waals surface area contributed by atoms with Crippen molar-refractivity contribution in [2.45, 2.75) is 19.3 Å². The highest BCUT2D eigenvalue weighted by Crippen LogP contribution is 2.20. The number of nitrogens with zero attached hydrogens (tertiary/aromatic N) is 1. The lowest BCUT2D eigenvalue weighted by Gasteiger charge is -2.30. The Kier molecular flexibility index (Phi) is 5.89. The highest BCUT2D eigenvalue weighted by molar-refractivity contribution is 5.82. The van der Waals surface area contributed by atoms with E-state index >= 15 is 0 Å². The lowest BCUT2D eigenvalue weighted by Crippen LogP contribution is -2.43. The van der Waals surface area contributed by atoms with Gasteiger partial charge in [0.05, 0.1) is 6.54 Å². The molecule has 0 aliphatic carbocycles. The van der Waals surface area contributed by atoms with Crippen LogP contribution in [0.3, 0.4) is 0 Å². The Labute approximate surface area is 154 Å². The zero-order valence-electron chi connectivity index (χ0n) is 14.9. The molecule has 0 spiro atoms. The van der Waals surface area contributed by atoms with Crippen molar-refractivity contribution in [2.24, 2.45) is 11.7 Å². The predicted molar refractivity (Wildman–Crippen MR) is 103 cm³/mol. The van der Waals surface area contributed by atoms with Crippen LogP contribution in [0.5, 0.6) is 0 Å². The molecule has 0 atom stereocenters. The second-order valence-electron chi connectivity index (χ2n) is 6.73. The first-order valence-corrected chi connectivity index (χ1v) is 9.06. The fourth-order valence-electron chi connectivity index (χ4n) is 3.36. The van der Waals surface area contributed by atoms with Gasteiger partial charge in [-0.05, 0) is 36.5 Å². The molecule has 1 fully saturated rings. The van der Waals surface area contributed by atoms with Crippen molar-refractivity contribution in [1.29, 1.82) is 0 Å². The summed E-state index contributed by atoms with van der Waals surface area (Å²) in [6, 6.07) is 18.3. The van der Waals surface area contributed by atoms with Crippen molar-refractivity contribution < 1.29 is 9.59 Å². The number of piperidine rings is 1. The van der Waals surface area contributed by atoms with Gasteiger partial charge < -0.3 is 16.0 Å². The molecule has 26 heavy (non-hydrogen) atoms. The lowest BCUT2D eigenvalue weighted by atomic mass is 9.96. The van der Waals surface area contributed by atoms with E-state index in [0.717, 1.165) is 12.1 Å². The number of benzene rings is 2. The minimum absolute atomic E-state index is 0.0578. The number of carbonyl (C=O) groups excluding carboxylic acids is 2. The van der Waals surface area contributed by atoms with Crippen LogP contribution in [0, 0.1) is 5.92 Å². The molecule has 1 aliphatic heterocycles. The first-order chi connectivity index (χ1) is 12.6. The summed E-state index contributed by atoms with van der Waals surface area (Å²) in [5, 5.41) is 3.28. The molecule has 3 N–H and O–H groups in total. The second kappa shape index (κ2) is 8.52. The number of rotatable bonds is 6. The Morgan fingerprint density at radius 2 is 1.65 bits per heavy atom. The van der Waals surface area contributed by atoms with Crippen LogP contribution in [-0.4, -0.2) is 36.3 Å². The molecule has 0 bridgehead atoms. The monoisotopic (exact) mass is 351 g/mol. The summed E-state index contributed by atoms with van der Waals surface area (Å²) in [6.07, 6.45) is 2.14. The highest BCUT2D eigenvalue weighted by atomic mass is 16.2. The van der Waals surface area contributed by atoms with Gasteiger partial charge in [-0.15, -0.1) is 0 Å². The summed E-state index contributed by atoms with van der Waals surface area (Å²) < 4.78 is 0. The number of nitrogens with two attached hydrogens (primary N) is 1. The van der Waals surface area contributed by atoms with Gasteiger partial charge in [0.15, 0.2) is 0 Å². The first-order valence-electron chi connectivity index (χ1n) is 9.06. The number of amides is 2. The molecule has 0 saturated carbocycles. The highest BCUT2D eigenvalue weighted by Gasteiger charge is 2.25. The van der Waals surface area contributed by atoms with Crippen LogP contribution in [0.1, 0.15) is 24.0 Å². The van der Waals surface area contributed by atoms with Gasteiger partial charge in [-0.2, -0.15) is 0 Å². The molecule has 0 radical (unpaired) electrons. The molecular weight excluding hydrogens is 326 g/mol. The number of primary amides is 1. The molecule has 2 amide bonds. The van der Waals surface area contributed by atoms with Crippen LogP contribution in [0.4, 0.5) is 5.69 Å². The average molecular weight is 351 g/mol. The Balaban J connectivity index is 1.56. The Morgan fingerprint density at radius 1 is 1.00 bits per heavy atom. The van der Waals surface area contributed by atoms with Crippen molar-refractivity contribution >= 4 is 17.5 Å². The molecular formula is C21H25N3O2. The normalized spacial score (nSPS) is 14.8. The summed E-state index contributed by atoms with van der Waals surface area (Å²) in [5.74, 6) is -0.300. The van der Waals surface area contributed by atoms with Crippen LogP contribution in [-0.2, 0) is 16.0 Å². The summed E-state index contributed by atoms with van der Waals surface area (Å²) in [5.41, 5.74) is 8.73. The van der Waals surface area contributed by atoms with E-state index in [-0.39, 0.29) is 24.3 Å². The van der Waals surface area contributed by atoms with Gasteiger partial charge in [0, 0.05) is 24.7 Å². The number of hydrogen-bond donors (Lipinski definition) is 2. The van der Waals surface area contributed by atoms with E-state index in [1.165, 1.54) is 11.1 Å². The van der Waals surface area contributed by atoms with Crippen LogP contribution in [0.25, 0.3) is 0 Å². The number of likely N-dealkylation sites (tertiary alicyclic amines) is 1. The standard InChI is InChI=1S/C21H25N3O2/c22-21(26)17-10-12-24(13-11-17)20(25)15-23-19-9-5-4-8-18(19)14-16-6-2-1-3-7-16/h1-9,17,23H,10-15H2,(H2,22,26). The van der Waals surface area contributed by atoms with Crippen molar-refractivity contribution in [1.82, 2.24) is 4.90 Å². The molecule has 1 saturated heterocycles. The minimum atomic E-state index is -0.259. The van der Waals surface area contributed by atoms with Gasteiger partial charge in [-0.25, -0.2) is 0 Å². The van der Waals surface area contributed by atoms with Crippen molar-refractivity contribution in [3.8, 4) is 0 Å². The van der Waals surface area contributed by atoms with Crippen molar-refractivity contribution in [3.05, 3.63) is 65.7 Å². The van der Waals surface area contributed by atoms with Gasteiger partial charge in [-0.1, -0.05) is 48.5 Å². The minimum Gasteiger partial charge on any atom is -0.376 e. The fourth-order valence-corrected chi connectivity index (χ4v) is 3.36. The average Bonchev–Trinajstić information content (AvgIpc) is 2.68. The quantitative estimate of drug-likeness (QED) is 0.839. The maximum Gasteiger partial charge on any atom is 0.241 e. The SMILES string of the molecule is NC(=O)C1CCN(C(=O)CNc2ccccc2Cc2ccccc2)CC1. The summed E-state index contributed by atoms with van der Waals surface area (Å²) in [6.45, 7) is 1.45. The number of nitrogens with one attached hydrogen (secondary N) is 1. The van der Waals surface area contributed by atoms with E-state index in [4.69, 9.17) is 5.73 Å². The van der Waals surface area contributed by atoms with Crippen molar-refractivity contribution in [2.75, 3.05) is 25.0 Å². The summed E-state index contributed by atoms with van der Waals surface area (Å²) in [7, 11) is 0. The second-order valence-corrected chi connectivity index (χ2v) is 6.73. The Bertz CT molecular complexity index is 753. The summed E-state index contributed by atoms with van der Waals surface area (Å²) >= 11 is 0. The third kappa shape index (κ3) is 4.63. The fraction of sp³-hybridized carbons (Fsp3) is 0.333. The largest absolute Gasteiger partial charge is 0.376 e. The lowest BCUT2D eigenvalue weighted by molar-refractivity contribution is -0.133. The maximum atomic E-state index is 12.5. The molecule has 136 valence electrons. The van der Waals surface area contributed by atoms with Gasteiger partial charge in [0.2, 0.25) is 11.8 Å². The molecule has 0 unspecified atom stereocenters. The Hall–Kier alpha value is -2.82. The molecule has 5 heteroatoms. The number of para-hydroxylation sites is 1. The molecule has 2 aromatic rings. The van der Waals surface area contributed by atoms with Gasteiger partial charge in [-0.3, -0.25) is 9.59 Å². The van der Waals surface area contributed by atoms with Crippen molar-refractivity contribution in [3.63, 3.8) is 0 Å². The van der Waals surface area contributed by atoms with E-state index in [2.05, 4.69) is 23.5 Å². The molecule has 5 nitrogen and oxygen atoms in total. The third-order valence-electron chi connectivity index (χ3n) is 4.93. The van der Waals surface area contributed by atoms with E-state index < -0.39 is 0 Å². The number of carbonyl (C=O) groups is 2. The Morgan fingerprint density at radius 3 is 2.35 bits per heavy atom. The van der Waals surface area contributed by atoms with Gasteiger partial charge in [0.25, 0.3) is 0 Å². The number of anilines is 1. The van der Waals surface area contributed by atoms with Crippen LogP contribution >= 0.6 is 0 Å². The zero-order chi connectivity index (χ0) is 18.4. The van der Waals surface area contributed by atoms with Crippen LogP contribution in [0.2, 0.25) is 0 Å². The van der Waals surface area contributed by atoms with Crippen LogP contribution in [0.15, 0.2) is 54.6 Å². The topological polar surface area (TPSA) is 75.4 Å². The zero-order valence-corrected chi connectivity index (χ0v) is 14.9. The van der Waals surface area contributed by atoms with Gasteiger partial charge >= 0.3 is 0 Å². The summed E-state index contributed by atoms with van der Waals surface area (Å²) in [4.78, 5) is 25.5. The van der Waals surface area contributed by atoms with E-state index in [0.29, 0.717) is 25.9 Å². The number of hydrogen-bond acceptors (Lipinski definition) is 3.